The predicted octanol–water partition coefficient (Wildman–Crippen LogP) is 0.977. The Bertz CT molecular complexity index is 370. The molecule has 0 aliphatic carbocycles. The summed E-state index contributed by atoms with van der Waals surface area (Å²) in [6, 6.07) is 0.221. The zero-order valence-corrected chi connectivity index (χ0v) is 12.4. The number of carboxylic acids is 1. The molecule has 2 heterocycles. The van der Waals surface area contributed by atoms with Crippen LogP contribution in [0, 0.1) is 5.41 Å². The highest BCUT2D eigenvalue weighted by molar-refractivity contribution is 5.77. The van der Waals surface area contributed by atoms with Gasteiger partial charge in [0.2, 0.25) is 0 Å². The lowest BCUT2D eigenvalue weighted by Gasteiger charge is -2.38. The molecule has 0 spiro atoms. The second kappa shape index (κ2) is 5.99. The first-order valence-corrected chi connectivity index (χ1v) is 7.38. The van der Waals surface area contributed by atoms with E-state index in [-0.39, 0.29) is 12.1 Å². The van der Waals surface area contributed by atoms with E-state index in [1.165, 1.54) is 0 Å². The minimum absolute atomic E-state index is 0.0352. The SMILES string of the molecule is CN1CCC(NC(=O)N2CCC(C)(C(=O)O)CC2)CC1. The van der Waals surface area contributed by atoms with Crippen molar-refractivity contribution >= 4 is 12.0 Å². The van der Waals surface area contributed by atoms with E-state index in [2.05, 4.69) is 17.3 Å². The fraction of sp³-hybridized carbons (Fsp3) is 0.857. The first-order chi connectivity index (χ1) is 9.40. The lowest BCUT2D eigenvalue weighted by molar-refractivity contribution is -0.150. The first kappa shape index (κ1) is 15.1. The number of amides is 2. The highest BCUT2D eigenvalue weighted by Gasteiger charge is 2.38. The van der Waals surface area contributed by atoms with E-state index in [4.69, 9.17) is 0 Å². The summed E-state index contributed by atoms with van der Waals surface area (Å²) in [4.78, 5) is 27.4. The maximum atomic E-state index is 12.2. The number of carboxylic acid groups (broad SMARTS) is 1. The number of hydrogen-bond donors (Lipinski definition) is 2. The van der Waals surface area contributed by atoms with Crippen molar-refractivity contribution in [2.45, 2.75) is 38.6 Å². The van der Waals surface area contributed by atoms with Crippen molar-refractivity contribution in [2.75, 3.05) is 33.2 Å². The van der Waals surface area contributed by atoms with Crippen molar-refractivity contribution in [3.05, 3.63) is 0 Å². The van der Waals surface area contributed by atoms with Crippen LogP contribution >= 0.6 is 0 Å². The summed E-state index contributed by atoms with van der Waals surface area (Å²) < 4.78 is 0. The first-order valence-electron chi connectivity index (χ1n) is 7.38. The number of likely N-dealkylation sites (tertiary alicyclic amines) is 2. The molecule has 0 aromatic carbocycles. The van der Waals surface area contributed by atoms with Crippen LogP contribution < -0.4 is 5.32 Å². The molecule has 2 saturated heterocycles. The molecule has 2 fully saturated rings. The molecule has 0 aromatic heterocycles. The number of rotatable bonds is 2. The summed E-state index contributed by atoms with van der Waals surface area (Å²) in [6.07, 6.45) is 3.04. The van der Waals surface area contributed by atoms with Gasteiger partial charge in [0.05, 0.1) is 5.41 Å². The van der Waals surface area contributed by atoms with Gasteiger partial charge in [-0.15, -0.1) is 0 Å². The third-order valence-corrected chi connectivity index (χ3v) is 4.72. The van der Waals surface area contributed by atoms with Gasteiger partial charge in [-0.3, -0.25) is 4.79 Å². The van der Waals surface area contributed by atoms with Gasteiger partial charge in [-0.05, 0) is 52.7 Å². The monoisotopic (exact) mass is 283 g/mol. The zero-order valence-electron chi connectivity index (χ0n) is 12.4. The molecule has 2 N–H and O–H groups in total. The number of carbonyl (C=O) groups is 2. The average Bonchev–Trinajstić information content (AvgIpc) is 2.42. The topological polar surface area (TPSA) is 72.9 Å². The maximum Gasteiger partial charge on any atom is 0.317 e. The van der Waals surface area contributed by atoms with E-state index in [1.54, 1.807) is 11.8 Å². The van der Waals surface area contributed by atoms with Crippen LogP contribution in [0.4, 0.5) is 4.79 Å². The van der Waals surface area contributed by atoms with Crippen molar-refractivity contribution in [2.24, 2.45) is 5.41 Å². The number of aliphatic carboxylic acids is 1. The molecule has 0 saturated carbocycles. The van der Waals surface area contributed by atoms with Gasteiger partial charge >= 0.3 is 12.0 Å². The predicted molar refractivity (Wildman–Crippen MR) is 75.6 cm³/mol. The van der Waals surface area contributed by atoms with Gasteiger partial charge in [-0.1, -0.05) is 0 Å². The number of nitrogens with zero attached hydrogens (tertiary/aromatic N) is 2. The largest absolute Gasteiger partial charge is 0.481 e. The van der Waals surface area contributed by atoms with E-state index < -0.39 is 11.4 Å². The zero-order chi connectivity index (χ0) is 14.8. The summed E-state index contributed by atoms with van der Waals surface area (Å²) in [5.74, 6) is -0.757. The summed E-state index contributed by atoms with van der Waals surface area (Å²) >= 11 is 0. The van der Waals surface area contributed by atoms with Gasteiger partial charge in [0.25, 0.3) is 0 Å². The van der Waals surface area contributed by atoms with Crippen molar-refractivity contribution < 1.29 is 14.7 Å². The Balaban J connectivity index is 1.79. The molecular weight excluding hydrogens is 258 g/mol. The second-order valence-electron chi connectivity index (χ2n) is 6.38. The Morgan fingerprint density at radius 1 is 1.15 bits per heavy atom. The van der Waals surface area contributed by atoms with Crippen LogP contribution in [-0.2, 0) is 4.79 Å². The molecule has 0 atom stereocenters. The van der Waals surface area contributed by atoms with Gasteiger partial charge < -0.3 is 20.2 Å². The van der Waals surface area contributed by atoms with Gasteiger partial charge in [0.1, 0.15) is 0 Å². The van der Waals surface area contributed by atoms with Gasteiger partial charge in [0.15, 0.2) is 0 Å². The Hall–Kier alpha value is -1.30. The van der Waals surface area contributed by atoms with Crippen molar-refractivity contribution in [3.63, 3.8) is 0 Å². The fourth-order valence-electron chi connectivity index (χ4n) is 2.84. The molecule has 20 heavy (non-hydrogen) atoms. The fourth-order valence-corrected chi connectivity index (χ4v) is 2.84. The van der Waals surface area contributed by atoms with Crippen molar-refractivity contribution in [1.82, 2.24) is 15.1 Å². The van der Waals surface area contributed by atoms with Crippen LogP contribution in [0.3, 0.4) is 0 Å². The summed E-state index contributed by atoms with van der Waals surface area (Å²) in [7, 11) is 2.09. The molecule has 0 unspecified atom stereocenters. The normalized spacial score (nSPS) is 24.4. The van der Waals surface area contributed by atoms with E-state index in [0.29, 0.717) is 25.9 Å². The third kappa shape index (κ3) is 3.42. The van der Waals surface area contributed by atoms with E-state index in [1.807, 2.05) is 0 Å². The maximum absolute atomic E-state index is 12.2. The molecular formula is C14H25N3O3. The highest BCUT2D eigenvalue weighted by atomic mass is 16.4. The molecule has 6 heteroatoms. The lowest BCUT2D eigenvalue weighted by atomic mass is 9.80. The lowest BCUT2D eigenvalue weighted by Crippen LogP contribution is -2.52. The Morgan fingerprint density at radius 2 is 1.70 bits per heavy atom. The highest BCUT2D eigenvalue weighted by Crippen LogP contribution is 2.31. The van der Waals surface area contributed by atoms with Crippen molar-refractivity contribution in [1.29, 1.82) is 0 Å². The molecule has 114 valence electrons. The molecule has 0 aromatic rings. The van der Waals surface area contributed by atoms with Crippen LogP contribution in [0.5, 0.6) is 0 Å². The smallest absolute Gasteiger partial charge is 0.317 e. The summed E-state index contributed by atoms with van der Waals surface area (Å²) in [5, 5.41) is 12.3. The number of hydrogen-bond acceptors (Lipinski definition) is 3. The molecule has 6 nitrogen and oxygen atoms in total. The molecule has 2 rings (SSSR count). The number of piperidine rings is 2. The van der Waals surface area contributed by atoms with E-state index in [9.17, 15) is 14.7 Å². The Kier molecular flexibility index (Phi) is 4.52. The molecule has 2 amide bonds. The summed E-state index contributed by atoms with van der Waals surface area (Å²) in [6.45, 7) is 4.86. The number of urea groups is 1. The summed E-state index contributed by atoms with van der Waals surface area (Å²) in [5.41, 5.74) is -0.676. The third-order valence-electron chi connectivity index (χ3n) is 4.72. The van der Waals surface area contributed by atoms with Gasteiger partial charge in [0, 0.05) is 19.1 Å². The molecule has 0 bridgehead atoms. The quantitative estimate of drug-likeness (QED) is 0.792. The van der Waals surface area contributed by atoms with E-state index in [0.717, 1.165) is 25.9 Å². The van der Waals surface area contributed by atoms with Crippen molar-refractivity contribution in [3.8, 4) is 0 Å². The average molecular weight is 283 g/mol. The van der Waals surface area contributed by atoms with E-state index >= 15 is 0 Å². The molecule has 0 radical (unpaired) electrons. The minimum atomic E-state index is -0.757. The minimum Gasteiger partial charge on any atom is -0.481 e. The molecule has 2 aliphatic heterocycles. The van der Waals surface area contributed by atoms with Crippen LogP contribution in [0.15, 0.2) is 0 Å². The van der Waals surface area contributed by atoms with Crippen LogP contribution in [0.25, 0.3) is 0 Å². The van der Waals surface area contributed by atoms with Gasteiger partial charge in [-0.25, -0.2) is 4.79 Å². The Morgan fingerprint density at radius 3 is 2.20 bits per heavy atom. The number of nitrogens with one attached hydrogen (secondary N) is 1. The second-order valence-corrected chi connectivity index (χ2v) is 6.38. The number of carbonyl (C=O) groups excluding carboxylic acids is 1. The molecule has 2 aliphatic rings. The Labute approximate surface area is 120 Å². The van der Waals surface area contributed by atoms with Crippen LogP contribution in [0.1, 0.15) is 32.6 Å². The van der Waals surface area contributed by atoms with Crippen LogP contribution in [0.2, 0.25) is 0 Å². The van der Waals surface area contributed by atoms with Gasteiger partial charge in [-0.2, -0.15) is 0 Å². The van der Waals surface area contributed by atoms with Crippen LogP contribution in [-0.4, -0.2) is 66.2 Å². The standard InChI is InChI=1S/C14H25N3O3/c1-14(12(18)19)5-9-17(10-6-14)13(20)15-11-3-7-16(2)8-4-11/h11H,3-10H2,1-2H3,(H,15,20)(H,18,19).